The van der Waals surface area contributed by atoms with Crippen molar-refractivity contribution in [2.75, 3.05) is 32.7 Å². The van der Waals surface area contributed by atoms with Crippen molar-refractivity contribution < 1.29 is 9.59 Å². The fourth-order valence-corrected chi connectivity index (χ4v) is 4.34. The van der Waals surface area contributed by atoms with Crippen LogP contribution in [0.15, 0.2) is 60.7 Å². The fraction of sp³-hybridized carbons (Fsp3) is 0.391. The van der Waals surface area contributed by atoms with E-state index in [9.17, 15) is 9.59 Å². The van der Waals surface area contributed by atoms with E-state index in [2.05, 4.69) is 58.7 Å². The minimum absolute atomic E-state index is 0.00328. The largest absolute Gasteiger partial charge is 0.356 e. The fourth-order valence-electron chi connectivity index (χ4n) is 4.34. The molecule has 5 nitrogen and oxygen atoms in total. The quantitative estimate of drug-likeness (QED) is 0.891. The van der Waals surface area contributed by atoms with Gasteiger partial charge in [-0.05, 0) is 17.5 Å². The van der Waals surface area contributed by atoms with Gasteiger partial charge in [-0.1, -0.05) is 60.7 Å². The molecule has 2 aromatic rings. The first kappa shape index (κ1) is 18.7. The van der Waals surface area contributed by atoms with Gasteiger partial charge in [0.1, 0.15) is 0 Å². The monoisotopic (exact) mass is 377 g/mol. The van der Waals surface area contributed by atoms with E-state index in [0.717, 1.165) is 19.5 Å². The van der Waals surface area contributed by atoms with E-state index in [0.29, 0.717) is 26.1 Å². The van der Waals surface area contributed by atoms with Gasteiger partial charge in [0, 0.05) is 45.1 Å². The van der Waals surface area contributed by atoms with Crippen molar-refractivity contribution >= 4 is 11.8 Å². The second-order valence-corrected chi connectivity index (χ2v) is 7.62. The van der Waals surface area contributed by atoms with Crippen LogP contribution in [0.4, 0.5) is 0 Å². The molecule has 4 rings (SSSR count). The summed E-state index contributed by atoms with van der Waals surface area (Å²) in [6, 6.07) is 21.3. The Morgan fingerprint density at radius 3 is 2.00 bits per heavy atom. The summed E-state index contributed by atoms with van der Waals surface area (Å²) in [6.07, 6.45) is 1.08. The maximum Gasteiger partial charge on any atom is 0.226 e. The third kappa shape index (κ3) is 4.09. The van der Waals surface area contributed by atoms with E-state index in [1.807, 2.05) is 17.0 Å². The second kappa shape index (κ2) is 8.57. The molecule has 0 saturated carbocycles. The molecule has 2 saturated heterocycles. The highest BCUT2D eigenvalue weighted by molar-refractivity contribution is 5.87. The Bertz CT molecular complexity index is 762. The molecule has 0 aromatic heterocycles. The van der Waals surface area contributed by atoms with Crippen LogP contribution in [0.3, 0.4) is 0 Å². The van der Waals surface area contributed by atoms with Crippen LogP contribution in [0.5, 0.6) is 0 Å². The van der Waals surface area contributed by atoms with Gasteiger partial charge in [0.2, 0.25) is 11.8 Å². The number of piperazine rings is 1. The highest BCUT2D eigenvalue weighted by atomic mass is 16.2. The number of benzene rings is 2. The van der Waals surface area contributed by atoms with Gasteiger partial charge in [-0.3, -0.25) is 14.5 Å². The van der Waals surface area contributed by atoms with Crippen molar-refractivity contribution in [2.45, 2.75) is 18.9 Å². The molecule has 2 heterocycles. The number of hydrogen-bond acceptors (Lipinski definition) is 3. The third-order valence-electron chi connectivity index (χ3n) is 5.82. The Hall–Kier alpha value is -2.66. The molecule has 1 atom stereocenters. The Morgan fingerprint density at radius 1 is 0.893 bits per heavy atom. The first-order valence-electron chi connectivity index (χ1n) is 10.1. The minimum Gasteiger partial charge on any atom is -0.356 e. The molecule has 28 heavy (non-hydrogen) atoms. The molecule has 0 bridgehead atoms. The van der Waals surface area contributed by atoms with Crippen molar-refractivity contribution in [1.82, 2.24) is 15.1 Å². The van der Waals surface area contributed by atoms with Crippen molar-refractivity contribution in [3.05, 3.63) is 71.8 Å². The van der Waals surface area contributed by atoms with Gasteiger partial charge in [-0.25, -0.2) is 0 Å². The molecular formula is C23H27N3O2. The van der Waals surface area contributed by atoms with E-state index < -0.39 is 0 Å². The smallest absolute Gasteiger partial charge is 0.226 e. The number of nitrogens with one attached hydrogen (secondary N) is 1. The summed E-state index contributed by atoms with van der Waals surface area (Å²) in [5.74, 6) is -0.0127. The van der Waals surface area contributed by atoms with Crippen LogP contribution in [0.1, 0.15) is 30.0 Å². The molecule has 0 aliphatic carbocycles. The summed E-state index contributed by atoms with van der Waals surface area (Å²) < 4.78 is 0. The van der Waals surface area contributed by atoms with Crippen LogP contribution < -0.4 is 5.32 Å². The molecule has 5 heteroatoms. The molecule has 2 fully saturated rings. The van der Waals surface area contributed by atoms with Crippen molar-refractivity contribution in [2.24, 2.45) is 5.92 Å². The zero-order chi connectivity index (χ0) is 19.3. The van der Waals surface area contributed by atoms with Gasteiger partial charge in [-0.15, -0.1) is 0 Å². The average molecular weight is 377 g/mol. The zero-order valence-corrected chi connectivity index (χ0v) is 16.1. The van der Waals surface area contributed by atoms with Gasteiger partial charge in [0.05, 0.1) is 6.04 Å². The summed E-state index contributed by atoms with van der Waals surface area (Å²) in [4.78, 5) is 28.9. The Balaban J connectivity index is 1.46. The normalized spacial score (nSPS) is 20.8. The summed E-state index contributed by atoms with van der Waals surface area (Å²) in [7, 11) is 0. The maximum atomic E-state index is 12.8. The van der Waals surface area contributed by atoms with Crippen molar-refractivity contribution in [3.63, 3.8) is 0 Å². The molecule has 2 amide bonds. The van der Waals surface area contributed by atoms with E-state index >= 15 is 0 Å². The van der Waals surface area contributed by atoms with Crippen LogP contribution in [0.25, 0.3) is 0 Å². The maximum absolute atomic E-state index is 12.8. The lowest BCUT2D eigenvalue weighted by Crippen LogP contribution is -2.52. The predicted octanol–water partition coefficient (Wildman–Crippen LogP) is 2.45. The van der Waals surface area contributed by atoms with Crippen LogP contribution >= 0.6 is 0 Å². The molecular weight excluding hydrogens is 350 g/mol. The lowest BCUT2D eigenvalue weighted by atomic mass is 9.94. The topological polar surface area (TPSA) is 52.7 Å². The minimum atomic E-state index is -0.153. The SMILES string of the molecule is O=C1CC(C(=O)N2CCN(C(c3ccccc3)c3ccccc3)CC2)CCN1. The molecule has 2 aliphatic heterocycles. The molecule has 146 valence electrons. The number of rotatable bonds is 4. The number of amides is 2. The van der Waals surface area contributed by atoms with Gasteiger partial charge in [0.25, 0.3) is 0 Å². The molecule has 2 aliphatic rings. The molecule has 1 N–H and O–H groups in total. The Labute approximate surface area is 166 Å². The van der Waals surface area contributed by atoms with E-state index in [4.69, 9.17) is 0 Å². The molecule has 0 radical (unpaired) electrons. The average Bonchev–Trinajstić information content (AvgIpc) is 2.75. The Morgan fingerprint density at radius 2 is 1.46 bits per heavy atom. The number of carbonyl (C=O) groups excluding carboxylic acids is 2. The van der Waals surface area contributed by atoms with Crippen molar-refractivity contribution in [1.29, 1.82) is 0 Å². The number of nitrogens with zero attached hydrogens (tertiary/aromatic N) is 2. The number of carbonyl (C=O) groups is 2. The predicted molar refractivity (Wildman–Crippen MR) is 109 cm³/mol. The van der Waals surface area contributed by atoms with Gasteiger partial charge in [-0.2, -0.15) is 0 Å². The highest BCUT2D eigenvalue weighted by Gasteiger charge is 2.33. The lowest BCUT2D eigenvalue weighted by Gasteiger charge is -2.41. The van der Waals surface area contributed by atoms with E-state index in [1.54, 1.807) is 0 Å². The summed E-state index contributed by atoms with van der Waals surface area (Å²) >= 11 is 0. The van der Waals surface area contributed by atoms with Crippen LogP contribution in [0, 0.1) is 5.92 Å². The summed E-state index contributed by atoms with van der Waals surface area (Å²) in [5.41, 5.74) is 2.55. The van der Waals surface area contributed by atoms with E-state index in [-0.39, 0.29) is 23.8 Å². The van der Waals surface area contributed by atoms with E-state index in [1.165, 1.54) is 11.1 Å². The first-order valence-corrected chi connectivity index (χ1v) is 10.1. The number of hydrogen-bond donors (Lipinski definition) is 1. The summed E-state index contributed by atoms with van der Waals surface area (Å²) in [6.45, 7) is 3.71. The summed E-state index contributed by atoms with van der Waals surface area (Å²) in [5, 5.41) is 2.81. The van der Waals surface area contributed by atoms with Crippen LogP contribution in [-0.2, 0) is 9.59 Å². The van der Waals surface area contributed by atoms with Crippen molar-refractivity contribution in [3.8, 4) is 0 Å². The standard InChI is InChI=1S/C23H27N3O2/c27-21-17-20(11-12-24-21)23(28)26-15-13-25(14-16-26)22(18-7-3-1-4-8-18)19-9-5-2-6-10-19/h1-10,20,22H,11-17H2,(H,24,27). The van der Waals surface area contributed by atoms with Gasteiger partial charge < -0.3 is 10.2 Å². The van der Waals surface area contributed by atoms with Gasteiger partial charge >= 0.3 is 0 Å². The molecule has 0 spiro atoms. The highest BCUT2D eigenvalue weighted by Crippen LogP contribution is 2.30. The number of piperidine rings is 1. The molecule has 2 aromatic carbocycles. The van der Waals surface area contributed by atoms with Gasteiger partial charge in [0.15, 0.2) is 0 Å². The molecule has 1 unspecified atom stereocenters. The second-order valence-electron chi connectivity index (χ2n) is 7.62. The Kier molecular flexibility index (Phi) is 5.72. The third-order valence-corrected chi connectivity index (χ3v) is 5.82. The first-order chi connectivity index (χ1) is 13.7. The lowest BCUT2D eigenvalue weighted by molar-refractivity contribution is -0.141. The van der Waals surface area contributed by atoms with Crippen LogP contribution in [0.2, 0.25) is 0 Å². The zero-order valence-electron chi connectivity index (χ0n) is 16.1. The van der Waals surface area contributed by atoms with Crippen LogP contribution in [-0.4, -0.2) is 54.3 Å².